The van der Waals surface area contributed by atoms with Crippen LogP contribution in [0.3, 0.4) is 0 Å². The molecule has 1 aliphatic heterocycles. The lowest BCUT2D eigenvalue weighted by Crippen LogP contribution is -2.30. The Balaban J connectivity index is 1.55. The maximum atomic E-state index is 12.9. The lowest BCUT2D eigenvalue weighted by atomic mass is 9.76. The number of halogens is 1. The smallest absolute Gasteiger partial charge is 0.343 e. The van der Waals surface area contributed by atoms with Gasteiger partial charge in [0, 0.05) is 11.1 Å². The van der Waals surface area contributed by atoms with Crippen molar-refractivity contribution in [2.24, 2.45) is 17.8 Å². The van der Waals surface area contributed by atoms with E-state index in [1.54, 1.807) is 48.5 Å². The average molecular weight is 398 g/mol. The number of benzene rings is 2. The van der Waals surface area contributed by atoms with Gasteiger partial charge in [-0.05, 0) is 61.6 Å². The monoisotopic (exact) mass is 397 g/mol. The van der Waals surface area contributed by atoms with Crippen LogP contribution in [0.25, 0.3) is 0 Å². The van der Waals surface area contributed by atoms with Crippen LogP contribution in [0.5, 0.6) is 5.75 Å². The summed E-state index contributed by atoms with van der Waals surface area (Å²) in [5.74, 6) is -0.576. The van der Waals surface area contributed by atoms with Gasteiger partial charge in [-0.15, -0.1) is 0 Å². The van der Waals surface area contributed by atoms with Crippen LogP contribution in [0.2, 0.25) is 5.02 Å². The minimum absolute atomic E-state index is 0.150. The highest BCUT2D eigenvalue weighted by atomic mass is 35.5. The van der Waals surface area contributed by atoms with Crippen LogP contribution < -0.4 is 9.64 Å². The Bertz CT molecular complexity index is 940. The molecule has 2 amide bonds. The van der Waals surface area contributed by atoms with Crippen molar-refractivity contribution >= 4 is 35.1 Å². The van der Waals surface area contributed by atoms with E-state index in [2.05, 4.69) is 6.92 Å². The Kier molecular flexibility index (Phi) is 4.94. The summed E-state index contributed by atoms with van der Waals surface area (Å²) in [7, 11) is 0. The van der Waals surface area contributed by atoms with Crippen LogP contribution in [0, 0.1) is 17.8 Å². The number of amides is 2. The largest absolute Gasteiger partial charge is 0.423 e. The standard InChI is InChI=1S/C22H20ClNO4/c1-13-5-10-18-19(11-13)21(26)24(20(18)25)16-3-2-4-17(12-16)28-22(27)14-6-8-15(23)9-7-14/h2-4,6-9,12-13,18-19H,5,10-11H2,1H3. The fourth-order valence-electron chi connectivity index (χ4n) is 4.08. The second-order valence-electron chi connectivity index (χ2n) is 7.54. The first kappa shape index (κ1) is 18.7. The van der Waals surface area contributed by atoms with E-state index in [0.29, 0.717) is 22.2 Å². The van der Waals surface area contributed by atoms with E-state index < -0.39 is 5.97 Å². The van der Waals surface area contributed by atoms with Gasteiger partial charge in [0.1, 0.15) is 5.75 Å². The molecule has 0 N–H and O–H groups in total. The van der Waals surface area contributed by atoms with Crippen LogP contribution >= 0.6 is 11.6 Å². The van der Waals surface area contributed by atoms with Crippen LogP contribution in [0.4, 0.5) is 5.69 Å². The zero-order valence-corrected chi connectivity index (χ0v) is 16.2. The predicted molar refractivity (Wildman–Crippen MR) is 105 cm³/mol. The van der Waals surface area contributed by atoms with E-state index in [1.807, 2.05) is 0 Å². The summed E-state index contributed by atoms with van der Waals surface area (Å²) in [6.07, 6.45) is 2.46. The highest BCUT2D eigenvalue weighted by Gasteiger charge is 2.50. The van der Waals surface area contributed by atoms with Gasteiger partial charge in [0.2, 0.25) is 11.8 Å². The van der Waals surface area contributed by atoms with E-state index >= 15 is 0 Å². The van der Waals surface area contributed by atoms with Crippen molar-refractivity contribution in [1.29, 1.82) is 0 Å². The molecule has 0 bridgehead atoms. The molecule has 6 heteroatoms. The molecular weight excluding hydrogens is 378 g/mol. The second-order valence-corrected chi connectivity index (χ2v) is 7.97. The topological polar surface area (TPSA) is 63.7 Å². The highest BCUT2D eigenvalue weighted by molar-refractivity contribution is 6.30. The molecule has 3 unspecified atom stereocenters. The summed E-state index contributed by atoms with van der Waals surface area (Å²) in [5.41, 5.74) is 0.807. The minimum Gasteiger partial charge on any atom is -0.423 e. The van der Waals surface area contributed by atoms with Gasteiger partial charge in [-0.2, -0.15) is 0 Å². The molecule has 3 atom stereocenters. The Morgan fingerprint density at radius 1 is 1.04 bits per heavy atom. The summed E-state index contributed by atoms with van der Waals surface area (Å²) >= 11 is 5.84. The van der Waals surface area contributed by atoms with Crippen LogP contribution in [-0.4, -0.2) is 17.8 Å². The number of esters is 1. The molecule has 0 radical (unpaired) electrons. The third-order valence-electron chi connectivity index (χ3n) is 5.55. The first-order chi connectivity index (χ1) is 13.4. The molecule has 2 aromatic carbocycles. The van der Waals surface area contributed by atoms with Gasteiger partial charge in [0.15, 0.2) is 0 Å². The number of imide groups is 1. The predicted octanol–water partition coefficient (Wildman–Crippen LogP) is 4.48. The Morgan fingerprint density at radius 2 is 1.75 bits per heavy atom. The van der Waals surface area contributed by atoms with Crippen molar-refractivity contribution in [2.45, 2.75) is 26.2 Å². The van der Waals surface area contributed by atoms with Crippen LogP contribution in [0.15, 0.2) is 48.5 Å². The van der Waals surface area contributed by atoms with Crippen molar-refractivity contribution in [3.8, 4) is 5.75 Å². The summed E-state index contributed by atoms with van der Waals surface area (Å²) < 4.78 is 5.42. The normalized spacial score (nSPS) is 24.2. The van der Waals surface area contributed by atoms with Gasteiger partial charge < -0.3 is 4.74 Å². The summed E-state index contributed by atoms with van der Waals surface area (Å²) in [6.45, 7) is 2.12. The Hall–Kier alpha value is -2.66. The zero-order chi connectivity index (χ0) is 19.8. The summed E-state index contributed by atoms with van der Waals surface area (Å²) in [4.78, 5) is 39.3. The average Bonchev–Trinajstić information content (AvgIpc) is 2.92. The Morgan fingerprint density at radius 3 is 2.50 bits per heavy atom. The van der Waals surface area contributed by atoms with Gasteiger partial charge in [0.25, 0.3) is 0 Å². The minimum atomic E-state index is -0.532. The highest BCUT2D eigenvalue weighted by Crippen LogP contribution is 2.42. The van der Waals surface area contributed by atoms with E-state index in [1.165, 1.54) is 4.90 Å². The number of hydrogen-bond donors (Lipinski definition) is 0. The van der Waals surface area contributed by atoms with Crippen molar-refractivity contribution in [2.75, 3.05) is 4.90 Å². The molecule has 1 saturated heterocycles. The molecule has 1 heterocycles. The van der Waals surface area contributed by atoms with E-state index in [4.69, 9.17) is 16.3 Å². The number of nitrogens with zero attached hydrogens (tertiary/aromatic N) is 1. The lowest BCUT2D eigenvalue weighted by molar-refractivity contribution is -0.122. The number of ether oxygens (including phenoxy) is 1. The fourth-order valence-corrected chi connectivity index (χ4v) is 4.21. The molecule has 144 valence electrons. The zero-order valence-electron chi connectivity index (χ0n) is 15.4. The first-order valence-corrected chi connectivity index (χ1v) is 9.77. The van der Waals surface area contributed by atoms with Crippen LogP contribution in [-0.2, 0) is 9.59 Å². The molecular formula is C22H20ClNO4. The van der Waals surface area contributed by atoms with Crippen molar-refractivity contribution in [3.05, 3.63) is 59.1 Å². The molecule has 2 aromatic rings. The molecule has 28 heavy (non-hydrogen) atoms. The number of hydrogen-bond acceptors (Lipinski definition) is 4. The third kappa shape index (κ3) is 3.42. The SMILES string of the molecule is CC1CCC2C(=O)N(c3cccc(OC(=O)c4ccc(Cl)cc4)c3)C(=O)C2C1. The molecule has 1 saturated carbocycles. The van der Waals surface area contributed by atoms with Crippen molar-refractivity contribution < 1.29 is 19.1 Å². The number of rotatable bonds is 3. The maximum absolute atomic E-state index is 12.9. The van der Waals surface area contributed by atoms with Gasteiger partial charge in [-0.25, -0.2) is 9.69 Å². The number of carbonyl (C=O) groups is 3. The first-order valence-electron chi connectivity index (χ1n) is 9.39. The summed E-state index contributed by atoms with van der Waals surface area (Å²) in [5, 5.41) is 0.528. The molecule has 2 fully saturated rings. The lowest BCUT2D eigenvalue weighted by Gasteiger charge is -2.25. The molecule has 4 rings (SSSR count). The van der Waals surface area contributed by atoms with Gasteiger partial charge >= 0.3 is 5.97 Å². The third-order valence-corrected chi connectivity index (χ3v) is 5.81. The number of anilines is 1. The van der Waals surface area contributed by atoms with E-state index in [-0.39, 0.29) is 29.4 Å². The number of carbonyl (C=O) groups excluding carboxylic acids is 3. The van der Waals surface area contributed by atoms with Crippen molar-refractivity contribution in [1.82, 2.24) is 0 Å². The van der Waals surface area contributed by atoms with Crippen molar-refractivity contribution in [3.63, 3.8) is 0 Å². The van der Waals surface area contributed by atoms with Gasteiger partial charge in [0.05, 0.1) is 23.1 Å². The van der Waals surface area contributed by atoms with Gasteiger partial charge in [-0.1, -0.05) is 24.6 Å². The second kappa shape index (κ2) is 7.40. The molecule has 0 aromatic heterocycles. The van der Waals surface area contributed by atoms with Crippen LogP contribution in [0.1, 0.15) is 36.5 Å². The summed E-state index contributed by atoms with van der Waals surface area (Å²) in [6, 6.07) is 12.9. The Labute approximate surface area is 168 Å². The number of fused-ring (bicyclic) bond motifs is 1. The fraction of sp³-hybridized carbons (Fsp3) is 0.318. The molecule has 0 spiro atoms. The molecule has 5 nitrogen and oxygen atoms in total. The van der Waals surface area contributed by atoms with E-state index in [9.17, 15) is 14.4 Å². The van der Waals surface area contributed by atoms with E-state index in [0.717, 1.165) is 19.3 Å². The van der Waals surface area contributed by atoms with Gasteiger partial charge in [-0.3, -0.25) is 9.59 Å². The molecule has 2 aliphatic rings. The quantitative estimate of drug-likeness (QED) is 0.435. The maximum Gasteiger partial charge on any atom is 0.343 e. The molecule has 1 aliphatic carbocycles.